The molecule has 0 N–H and O–H groups in total. The lowest BCUT2D eigenvalue weighted by Gasteiger charge is -2.30. The number of fused-ring (bicyclic) bond motifs is 9. The second kappa shape index (κ2) is 13.2. The number of aromatic nitrogens is 1. The van der Waals surface area contributed by atoms with Crippen LogP contribution >= 0.6 is 0 Å². The van der Waals surface area contributed by atoms with E-state index < -0.39 is 0 Å². The normalized spacial score (nSPS) is 11.8. The Kier molecular flexibility index (Phi) is 7.48. The van der Waals surface area contributed by atoms with Crippen molar-refractivity contribution in [1.82, 2.24) is 4.57 Å². The van der Waals surface area contributed by atoms with Gasteiger partial charge in [0, 0.05) is 33.4 Å². The topological polar surface area (TPSA) is 8.17 Å². The Morgan fingerprint density at radius 3 is 1.54 bits per heavy atom. The van der Waals surface area contributed by atoms with Crippen LogP contribution in [-0.4, -0.2) is 4.57 Å². The molecule has 0 saturated carbocycles. The molecule has 0 amide bonds. The van der Waals surface area contributed by atoms with Gasteiger partial charge in [0.2, 0.25) is 0 Å². The maximum atomic E-state index is 2.45. The van der Waals surface area contributed by atoms with Crippen LogP contribution in [0.15, 0.2) is 212 Å². The summed E-state index contributed by atoms with van der Waals surface area (Å²) in [5, 5.41) is 7.54. The molecule has 0 fully saturated rings. The molecule has 0 atom stereocenters. The lowest BCUT2D eigenvalue weighted by molar-refractivity contribution is 1.19. The Morgan fingerprint density at radius 1 is 0.339 bits per heavy atom. The highest BCUT2D eigenvalue weighted by Gasteiger charge is 2.25. The van der Waals surface area contributed by atoms with E-state index in [0.717, 1.165) is 17.1 Å². The van der Waals surface area contributed by atoms with Gasteiger partial charge in [0.05, 0.1) is 16.7 Å². The largest absolute Gasteiger partial charge is 0.310 e. The fourth-order valence-corrected chi connectivity index (χ4v) is 9.49. The van der Waals surface area contributed by atoms with Gasteiger partial charge in [-0.25, -0.2) is 0 Å². The number of rotatable bonds is 6. The summed E-state index contributed by atoms with van der Waals surface area (Å²) in [5.41, 5.74) is 18.4. The molecule has 1 aliphatic carbocycles. The second-order valence-corrected chi connectivity index (χ2v) is 15.8. The smallest absolute Gasteiger partial charge is 0.0541 e. The summed E-state index contributed by atoms with van der Waals surface area (Å²) in [6.45, 7) is 2.21. The van der Waals surface area contributed by atoms with Crippen molar-refractivity contribution in [3.8, 4) is 50.2 Å². The Morgan fingerprint density at radius 2 is 0.881 bits per heavy atom. The quantitative estimate of drug-likeness (QED) is 0.164. The van der Waals surface area contributed by atoms with Gasteiger partial charge in [0.15, 0.2) is 0 Å². The van der Waals surface area contributed by atoms with Crippen LogP contribution in [0.3, 0.4) is 0 Å². The lowest BCUT2D eigenvalue weighted by Crippen LogP contribution is -2.12. The molecule has 10 aromatic carbocycles. The molecule has 0 radical (unpaired) electrons. The average Bonchev–Trinajstić information content (AvgIpc) is 3.63. The van der Waals surface area contributed by atoms with E-state index in [1.165, 1.54) is 99.1 Å². The summed E-state index contributed by atoms with van der Waals surface area (Å²) in [7, 11) is 0. The molecule has 1 aliphatic rings. The minimum atomic E-state index is 1.13. The first-order valence-electron chi connectivity index (χ1n) is 20.4. The van der Waals surface area contributed by atoms with E-state index in [9.17, 15) is 0 Å². The number of nitrogens with zero attached hydrogens (tertiary/aromatic N) is 2. The molecule has 1 aromatic heterocycles. The number of hydrogen-bond donors (Lipinski definition) is 0. The number of hydrogen-bond acceptors (Lipinski definition) is 1. The number of aryl methyl sites for hydroxylation is 1. The maximum Gasteiger partial charge on any atom is 0.0541 e. The molecule has 1 heterocycles. The van der Waals surface area contributed by atoms with Gasteiger partial charge in [-0.15, -0.1) is 0 Å². The molecule has 11 aromatic rings. The summed E-state index contributed by atoms with van der Waals surface area (Å²) in [4.78, 5) is 2.45. The predicted molar refractivity (Wildman–Crippen MR) is 251 cm³/mol. The minimum Gasteiger partial charge on any atom is -0.310 e. The molecule has 59 heavy (non-hydrogen) atoms. The summed E-state index contributed by atoms with van der Waals surface area (Å²) in [6, 6.07) is 78.0. The van der Waals surface area contributed by atoms with Crippen molar-refractivity contribution in [3.63, 3.8) is 0 Å². The van der Waals surface area contributed by atoms with Gasteiger partial charge in [-0.3, -0.25) is 0 Å². The van der Waals surface area contributed by atoms with Gasteiger partial charge in [0.25, 0.3) is 0 Å². The molecule has 0 saturated heterocycles. The molecular formula is C57H38N2. The highest BCUT2D eigenvalue weighted by molar-refractivity contribution is 6.13. The van der Waals surface area contributed by atoms with Crippen molar-refractivity contribution < 1.29 is 0 Å². The molecule has 12 rings (SSSR count). The van der Waals surface area contributed by atoms with Gasteiger partial charge in [-0.05, 0) is 152 Å². The van der Waals surface area contributed by atoms with E-state index in [4.69, 9.17) is 0 Å². The Labute approximate surface area is 343 Å². The SMILES string of the molecule is Cc1ccccc1N(c1ccc2cc3c(cc2c1)-c1cc2ccc(-n4c5ccccc5c5ccccc54)cc2cc1-3)c1ccc(-c2ccccc2)cc1-c1ccccc1. The summed E-state index contributed by atoms with van der Waals surface area (Å²) < 4.78 is 2.41. The summed E-state index contributed by atoms with van der Waals surface area (Å²) >= 11 is 0. The monoisotopic (exact) mass is 750 g/mol. The van der Waals surface area contributed by atoms with Crippen molar-refractivity contribution in [1.29, 1.82) is 0 Å². The van der Waals surface area contributed by atoms with Gasteiger partial charge < -0.3 is 9.47 Å². The van der Waals surface area contributed by atoms with E-state index in [-0.39, 0.29) is 0 Å². The van der Waals surface area contributed by atoms with E-state index in [1.54, 1.807) is 0 Å². The van der Waals surface area contributed by atoms with Gasteiger partial charge in [0.1, 0.15) is 0 Å². The van der Waals surface area contributed by atoms with Crippen molar-refractivity contribution in [2.24, 2.45) is 0 Å². The third-order valence-corrected chi connectivity index (χ3v) is 12.4. The second-order valence-electron chi connectivity index (χ2n) is 15.8. The van der Waals surface area contributed by atoms with Crippen molar-refractivity contribution in [3.05, 3.63) is 218 Å². The Bertz CT molecular complexity index is 3390. The van der Waals surface area contributed by atoms with E-state index in [2.05, 4.69) is 229 Å². The van der Waals surface area contributed by atoms with Gasteiger partial charge >= 0.3 is 0 Å². The van der Waals surface area contributed by atoms with Crippen LogP contribution in [0.2, 0.25) is 0 Å². The molecule has 2 nitrogen and oxygen atoms in total. The molecule has 0 unspecified atom stereocenters. The van der Waals surface area contributed by atoms with Crippen LogP contribution < -0.4 is 4.90 Å². The van der Waals surface area contributed by atoms with Crippen molar-refractivity contribution >= 4 is 60.4 Å². The molecule has 2 heteroatoms. The standard InChI is InChI=1S/C57H38N2/c1-37-14-8-11-21-54(37)58(57-29-26-40(38-15-4-2-5-16-38)32-49(57)39-17-6-3-7-18-39)45-27-24-41-33-50-52(35-43(41)30-45)51-34-42-25-28-46(31-44(42)36-53(50)51)59-55-22-12-9-19-47(55)48-20-10-13-23-56(48)59/h2-36H,1H3. The number of benzene rings is 10. The average molecular weight is 751 g/mol. The van der Waals surface area contributed by atoms with Gasteiger partial charge in [-0.1, -0.05) is 133 Å². The predicted octanol–water partition coefficient (Wildman–Crippen LogP) is 15.8. The van der Waals surface area contributed by atoms with Crippen LogP contribution in [0.4, 0.5) is 17.1 Å². The van der Waals surface area contributed by atoms with Crippen LogP contribution in [0.25, 0.3) is 93.5 Å². The molecule has 276 valence electrons. The molecule has 0 spiro atoms. The minimum absolute atomic E-state index is 1.13. The lowest BCUT2D eigenvalue weighted by atomic mass is 9.78. The Hall–Kier alpha value is -7.68. The van der Waals surface area contributed by atoms with Crippen LogP contribution in [-0.2, 0) is 0 Å². The first-order valence-corrected chi connectivity index (χ1v) is 20.4. The molecule has 0 bridgehead atoms. The molecule has 0 aliphatic heterocycles. The first kappa shape index (κ1) is 33.5. The zero-order valence-electron chi connectivity index (χ0n) is 32.6. The summed E-state index contributed by atoms with van der Waals surface area (Å²) in [5.74, 6) is 0. The fourth-order valence-electron chi connectivity index (χ4n) is 9.49. The van der Waals surface area contributed by atoms with E-state index in [0.29, 0.717) is 0 Å². The third-order valence-electron chi connectivity index (χ3n) is 12.4. The van der Waals surface area contributed by atoms with Crippen LogP contribution in [0.5, 0.6) is 0 Å². The van der Waals surface area contributed by atoms with Crippen LogP contribution in [0.1, 0.15) is 5.56 Å². The van der Waals surface area contributed by atoms with Crippen molar-refractivity contribution in [2.45, 2.75) is 6.92 Å². The van der Waals surface area contributed by atoms with E-state index in [1.807, 2.05) is 0 Å². The van der Waals surface area contributed by atoms with E-state index >= 15 is 0 Å². The Balaban J connectivity index is 0.973. The van der Waals surface area contributed by atoms with Crippen LogP contribution in [0, 0.1) is 6.92 Å². The fraction of sp³-hybridized carbons (Fsp3) is 0.0175. The van der Waals surface area contributed by atoms with Crippen molar-refractivity contribution in [2.75, 3.05) is 4.90 Å². The van der Waals surface area contributed by atoms with Gasteiger partial charge in [-0.2, -0.15) is 0 Å². The molecular weight excluding hydrogens is 713 g/mol. The highest BCUT2D eigenvalue weighted by Crippen LogP contribution is 2.51. The zero-order valence-corrected chi connectivity index (χ0v) is 32.6. The summed E-state index contributed by atoms with van der Waals surface area (Å²) in [6.07, 6.45) is 0. The number of anilines is 3. The number of para-hydroxylation sites is 3. The highest BCUT2D eigenvalue weighted by atomic mass is 15.1. The third kappa shape index (κ3) is 5.34. The maximum absolute atomic E-state index is 2.45. The first-order chi connectivity index (χ1) is 29.2. The zero-order chi connectivity index (χ0) is 39.0.